The molecule has 11 heteroatoms. The lowest BCUT2D eigenvalue weighted by molar-refractivity contribution is -0.384. The zero-order valence-electron chi connectivity index (χ0n) is 15.9. The molecule has 0 atom stereocenters. The number of anilines is 1. The molecule has 0 aliphatic carbocycles. The zero-order chi connectivity index (χ0) is 23.0. The van der Waals surface area contributed by atoms with E-state index in [1.54, 1.807) is 42.5 Å². The van der Waals surface area contributed by atoms with Crippen LogP contribution in [0, 0.1) is 10.1 Å². The van der Waals surface area contributed by atoms with Crippen LogP contribution in [0.5, 0.6) is 0 Å². The molecule has 2 amide bonds. The Morgan fingerprint density at radius 2 is 1.94 bits per heavy atom. The van der Waals surface area contributed by atoms with E-state index in [0.717, 1.165) is 4.47 Å². The predicted molar refractivity (Wildman–Crippen MR) is 126 cm³/mol. The highest BCUT2D eigenvalue weighted by Crippen LogP contribution is 2.32. The Labute approximate surface area is 199 Å². The number of hydrogen-bond donors (Lipinski definition) is 1. The van der Waals surface area contributed by atoms with Gasteiger partial charge in [-0.15, -0.1) is 0 Å². The SMILES string of the molecule is O=C1NC(=S)N(c2cccc(Br)c2)C(=O)/C1=C\c1ccc(-c2ccc(Cl)c([N+](=O)[O-])c2)o1. The molecule has 1 N–H and O–H groups in total. The molecule has 2 heterocycles. The molecular formula is C21H11BrClN3O5S. The summed E-state index contributed by atoms with van der Waals surface area (Å²) in [5.41, 5.74) is 0.457. The van der Waals surface area contributed by atoms with Crippen LogP contribution in [0.25, 0.3) is 17.4 Å². The predicted octanol–water partition coefficient (Wildman–Crippen LogP) is 5.10. The van der Waals surface area contributed by atoms with E-state index in [9.17, 15) is 19.7 Å². The molecule has 1 aliphatic rings. The molecule has 2 aromatic carbocycles. The van der Waals surface area contributed by atoms with Gasteiger partial charge >= 0.3 is 0 Å². The number of hydrogen-bond acceptors (Lipinski definition) is 6. The van der Waals surface area contributed by atoms with Crippen LogP contribution in [0.15, 0.2) is 69.1 Å². The van der Waals surface area contributed by atoms with Crippen LogP contribution in [0.2, 0.25) is 5.02 Å². The Balaban J connectivity index is 1.68. The van der Waals surface area contributed by atoms with E-state index in [2.05, 4.69) is 21.2 Å². The first-order valence-corrected chi connectivity index (χ1v) is 10.5. The van der Waals surface area contributed by atoms with Gasteiger partial charge in [-0.05, 0) is 60.8 Å². The molecular weight excluding hydrogens is 522 g/mol. The Bertz CT molecular complexity index is 1340. The third-order valence-electron chi connectivity index (χ3n) is 4.51. The lowest BCUT2D eigenvalue weighted by Crippen LogP contribution is -2.54. The second-order valence-corrected chi connectivity index (χ2v) is 8.27. The number of thiocarbonyl (C=S) groups is 1. The molecule has 8 nitrogen and oxygen atoms in total. The highest BCUT2D eigenvalue weighted by Gasteiger charge is 2.34. The molecule has 0 unspecified atom stereocenters. The van der Waals surface area contributed by atoms with Gasteiger partial charge in [0.15, 0.2) is 5.11 Å². The number of furan rings is 1. The molecule has 32 heavy (non-hydrogen) atoms. The second kappa shape index (κ2) is 8.65. The van der Waals surface area contributed by atoms with E-state index in [1.165, 1.54) is 23.1 Å². The fourth-order valence-corrected chi connectivity index (χ4v) is 3.90. The third-order valence-corrected chi connectivity index (χ3v) is 5.61. The first-order valence-electron chi connectivity index (χ1n) is 8.96. The summed E-state index contributed by atoms with van der Waals surface area (Å²) in [7, 11) is 0. The molecule has 4 rings (SSSR count). The van der Waals surface area contributed by atoms with E-state index in [4.69, 9.17) is 28.2 Å². The largest absolute Gasteiger partial charge is 0.457 e. The van der Waals surface area contributed by atoms with Gasteiger partial charge in [-0.25, -0.2) is 0 Å². The summed E-state index contributed by atoms with van der Waals surface area (Å²) in [5.74, 6) is -0.763. The smallest absolute Gasteiger partial charge is 0.288 e. The molecule has 1 saturated heterocycles. The minimum atomic E-state index is -0.661. The van der Waals surface area contributed by atoms with Crippen LogP contribution >= 0.6 is 39.7 Å². The number of amides is 2. The maximum atomic E-state index is 13.1. The van der Waals surface area contributed by atoms with Crippen molar-refractivity contribution < 1.29 is 18.9 Å². The number of rotatable bonds is 4. The first kappa shape index (κ1) is 21.9. The molecule has 1 fully saturated rings. The minimum Gasteiger partial charge on any atom is -0.457 e. The van der Waals surface area contributed by atoms with E-state index in [1.807, 2.05) is 0 Å². The molecule has 1 aromatic heterocycles. The fourth-order valence-electron chi connectivity index (χ4n) is 3.04. The Hall–Kier alpha value is -3.34. The monoisotopic (exact) mass is 531 g/mol. The lowest BCUT2D eigenvalue weighted by atomic mass is 10.1. The minimum absolute atomic E-state index is 0.000676. The molecule has 0 spiro atoms. The number of nitrogens with one attached hydrogen (secondary N) is 1. The van der Waals surface area contributed by atoms with Crippen LogP contribution in [0.3, 0.4) is 0 Å². The van der Waals surface area contributed by atoms with Gasteiger partial charge in [0.1, 0.15) is 22.1 Å². The Kier molecular flexibility index (Phi) is 5.92. The van der Waals surface area contributed by atoms with Crippen LogP contribution in [0.4, 0.5) is 11.4 Å². The normalized spacial score (nSPS) is 15.2. The molecule has 0 saturated carbocycles. The van der Waals surface area contributed by atoms with Crippen LogP contribution < -0.4 is 10.2 Å². The summed E-state index contributed by atoms with van der Waals surface area (Å²) in [6.45, 7) is 0. The van der Waals surface area contributed by atoms with E-state index in [0.29, 0.717) is 17.0 Å². The second-order valence-electron chi connectivity index (χ2n) is 6.56. The molecule has 160 valence electrons. The quantitative estimate of drug-likeness (QED) is 0.165. The third kappa shape index (κ3) is 4.20. The number of nitro benzene ring substituents is 1. The van der Waals surface area contributed by atoms with Gasteiger partial charge in [0.25, 0.3) is 17.5 Å². The molecule has 0 radical (unpaired) electrons. The van der Waals surface area contributed by atoms with Crippen molar-refractivity contribution in [2.45, 2.75) is 0 Å². The van der Waals surface area contributed by atoms with Crippen LogP contribution in [0.1, 0.15) is 5.76 Å². The summed E-state index contributed by atoms with van der Waals surface area (Å²) in [6.07, 6.45) is 1.29. The fraction of sp³-hybridized carbons (Fsp3) is 0. The first-order chi connectivity index (χ1) is 15.2. The summed E-state index contributed by atoms with van der Waals surface area (Å²) in [6, 6.07) is 14.3. The average Bonchev–Trinajstić information content (AvgIpc) is 3.20. The average molecular weight is 533 g/mol. The highest BCUT2D eigenvalue weighted by atomic mass is 79.9. The van der Waals surface area contributed by atoms with Crippen LogP contribution in [-0.2, 0) is 9.59 Å². The maximum absolute atomic E-state index is 13.1. The number of nitro groups is 1. The standard InChI is InChI=1S/C21H11BrClN3O5S/c22-12-2-1-3-13(9-12)25-20(28)15(19(27)24-21(25)32)10-14-5-7-18(31-14)11-4-6-16(23)17(8-11)26(29)30/h1-10H,(H,24,27,32)/b15-10-. The Morgan fingerprint density at radius 1 is 1.16 bits per heavy atom. The number of carbonyl (C=O) groups excluding carboxylic acids is 2. The summed E-state index contributed by atoms with van der Waals surface area (Å²) >= 11 is 14.4. The van der Waals surface area contributed by atoms with Crippen molar-refractivity contribution in [1.82, 2.24) is 5.32 Å². The lowest BCUT2D eigenvalue weighted by Gasteiger charge is -2.28. The van der Waals surface area contributed by atoms with Crippen molar-refractivity contribution in [2.24, 2.45) is 0 Å². The van der Waals surface area contributed by atoms with E-state index < -0.39 is 16.7 Å². The van der Waals surface area contributed by atoms with Gasteiger partial charge in [-0.1, -0.05) is 33.6 Å². The zero-order valence-corrected chi connectivity index (χ0v) is 19.0. The van der Waals surface area contributed by atoms with Crippen LogP contribution in [-0.4, -0.2) is 21.9 Å². The number of nitrogens with zero attached hydrogens (tertiary/aromatic N) is 2. The molecule has 0 bridgehead atoms. The van der Waals surface area contributed by atoms with Gasteiger partial charge in [0, 0.05) is 16.1 Å². The summed E-state index contributed by atoms with van der Waals surface area (Å²) in [5, 5.41) is 13.6. The number of halogens is 2. The number of carbonyl (C=O) groups is 2. The molecule has 1 aliphatic heterocycles. The maximum Gasteiger partial charge on any atom is 0.288 e. The van der Waals surface area contributed by atoms with Crippen molar-refractivity contribution in [3.05, 3.63) is 85.5 Å². The van der Waals surface area contributed by atoms with Gasteiger partial charge in [0.2, 0.25) is 0 Å². The van der Waals surface area contributed by atoms with Gasteiger partial charge in [-0.2, -0.15) is 0 Å². The molecule has 3 aromatic rings. The van der Waals surface area contributed by atoms with E-state index >= 15 is 0 Å². The van der Waals surface area contributed by atoms with Crippen molar-refractivity contribution >= 4 is 74.1 Å². The highest BCUT2D eigenvalue weighted by molar-refractivity contribution is 9.10. The topological polar surface area (TPSA) is 106 Å². The Morgan fingerprint density at radius 3 is 2.66 bits per heavy atom. The number of benzene rings is 2. The van der Waals surface area contributed by atoms with Crippen molar-refractivity contribution in [3.8, 4) is 11.3 Å². The van der Waals surface area contributed by atoms with E-state index in [-0.39, 0.29) is 27.2 Å². The summed E-state index contributed by atoms with van der Waals surface area (Å²) in [4.78, 5) is 37.2. The van der Waals surface area contributed by atoms with Crippen molar-refractivity contribution in [3.63, 3.8) is 0 Å². The van der Waals surface area contributed by atoms with Gasteiger partial charge < -0.3 is 4.42 Å². The summed E-state index contributed by atoms with van der Waals surface area (Å²) < 4.78 is 6.43. The van der Waals surface area contributed by atoms with Crippen molar-refractivity contribution in [2.75, 3.05) is 4.90 Å². The van der Waals surface area contributed by atoms with Gasteiger partial charge in [-0.3, -0.25) is 29.9 Å². The van der Waals surface area contributed by atoms with Crippen molar-refractivity contribution in [1.29, 1.82) is 0 Å². The van der Waals surface area contributed by atoms with Gasteiger partial charge in [0.05, 0.1) is 10.6 Å².